The van der Waals surface area contributed by atoms with Crippen LogP contribution in [0.4, 0.5) is 5.00 Å². The Bertz CT molecular complexity index is 1140. The van der Waals surface area contributed by atoms with E-state index in [9.17, 15) is 9.59 Å². The lowest BCUT2D eigenvalue weighted by molar-refractivity contribution is -0.113. The molecule has 3 aromatic rings. The highest BCUT2D eigenvalue weighted by Crippen LogP contribution is 2.38. The van der Waals surface area contributed by atoms with Gasteiger partial charge in [0.05, 0.1) is 11.3 Å². The maximum absolute atomic E-state index is 12.6. The first-order valence-corrected chi connectivity index (χ1v) is 12.2. The summed E-state index contributed by atoms with van der Waals surface area (Å²) in [5.41, 5.74) is 7.05. The van der Waals surface area contributed by atoms with Crippen molar-refractivity contribution in [3.63, 3.8) is 0 Å². The molecule has 1 aliphatic carbocycles. The van der Waals surface area contributed by atoms with Crippen molar-refractivity contribution in [3.8, 4) is 5.75 Å². The number of thioether (sulfide) groups is 1. The Hall–Kier alpha value is -2.56. The van der Waals surface area contributed by atoms with Crippen molar-refractivity contribution in [2.45, 2.75) is 37.4 Å². The number of hydrogen-bond donors (Lipinski definition) is 2. The third-order valence-corrected chi connectivity index (χ3v) is 7.59. The van der Waals surface area contributed by atoms with E-state index in [0.29, 0.717) is 32.3 Å². The number of carbonyl (C=O) groups excluding carboxylic acids is 2. The zero-order valence-corrected chi connectivity index (χ0v) is 19.8. The van der Waals surface area contributed by atoms with Gasteiger partial charge in [0.2, 0.25) is 5.91 Å². The molecule has 8 nitrogen and oxygen atoms in total. The molecular weight excluding hydrogens is 470 g/mol. The Balaban J connectivity index is 1.35. The van der Waals surface area contributed by atoms with Crippen LogP contribution in [0.5, 0.6) is 5.75 Å². The minimum atomic E-state index is -0.494. The first kappa shape index (κ1) is 22.6. The molecule has 0 saturated carbocycles. The van der Waals surface area contributed by atoms with Crippen LogP contribution in [-0.2, 0) is 31.3 Å². The molecule has 168 valence electrons. The summed E-state index contributed by atoms with van der Waals surface area (Å²) in [6.45, 7) is 0.237. The van der Waals surface area contributed by atoms with Crippen LogP contribution in [0.15, 0.2) is 29.4 Å². The summed E-state index contributed by atoms with van der Waals surface area (Å²) in [7, 11) is 1.82. The van der Waals surface area contributed by atoms with Crippen LogP contribution >= 0.6 is 34.7 Å². The Morgan fingerprint density at radius 2 is 2.00 bits per heavy atom. The minimum Gasteiger partial charge on any atom is -0.486 e. The van der Waals surface area contributed by atoms with E-state index in [4.69, 9.17) is 22.1 Å². The summed E-state index contributed by atoms with van der Waals surface area (Å²) in [5.74, 6) is 0.717. The number of hydrogen-bond acceptors (Lipinski definition) is 7. The molecule has 11 heteroatoms. The van der Waals surface area contributed by atoms with Gasteiger partial charge in [0, 0.05) is 16.9 Å². The Labute approximate surface area is 198 Å². The van der Waals surface area contributed by atoms with Crippen molar-refractivity contribution in [1.82, 2.24) is 14.8 Å². The molecule has 0 atom stereocenters. The van der Waals surface area contributed by atoms with E-state index in [-0.39, 0.29) is 18.3 Å². The molecule has 0 unspecified atom stereocenters. The van der Waals surface area contributed by atoms with Crippen LogP contribution in [0.2, 0.25) is 5.02 Å². The molecule has 0 bridgehead atoms. The third kappa shape index (κ3) is 5.08. The number of anilines is 1. The maximum atomic E-state index is 12.6. The van der Waals surface area contributed by atoms with E-state index in [1.807, 2.05) is 7.05 Å². The van der Waals surface area contributed by atoms with Crippen LogP contribution < -0.4 is 15.8 Å². The molecule has 1 aromatic carbocycles. The van der Waals surface area contributed by atoms with Gasteiger partial charge in [-0.15, -0.1) is 21.5 Å². The van der Waals surface area contributed by atoms with Crippen LogP contribution in [0.3, 0.4) is 0 Å². The van der Waals surface area contributed by atoms with E-state index < -0.39 is 5.91 Å². The lowest BCUT2D eigenvalue weighted by Crippen LogP contribution is -2.19. The SMILES string of the molecule is Cn1c(COc2ccc(Cl)cc2)nnc1SCC(=O)Nc1sc2c(c1C(N)=O)CCCC2. The number of benzene rings is 1. The number of aryl methyl sites for hydroxylation is 1. The van der Waals surface area contributed by atoms with Gasteiger partial charge in [-0.2, -0.15) is 0 Å². The van der Waals surface area contributed by atoms with Gasteiger partial charge in [0.15, 0.2) is 11.0 Å². The smallest absolute Gasteiger partial charge is 0.251 e. The number of primary amides is 1. The number of amides is 2. The van der Waals surface area contributed by atoms with Crippen LogP contribution in [0.1, 0.15) is 39.5 Å². The van der Waals surface area contributed by atoms with E-state index in [1.165, 1.54) is 23.1 Å². The Morgan fingerprint density at radius 1 is 1.25 bits per heavy atom. The molecule has 2 aromatic heterocycles. The molecule has 0 radical (unpaired) electrons. The third-order valence-electron chi connectivity index (χ3n) is 5.11. The summed E-state index contributed by atoms with van der Waals surface area (Å²) in [6, 6.07) is 7.06. The standard InChI is InChI=1S/C21H22ClN5O3S2/c1-27-16(10-30-13-8-6-12(22)7-9-13)25-26-21(27)31-11-17(28)24-20-18(19(23)29)14-4-2-3-5-15(14)32-20/h6-9H,2-5,10-11H2,1H3,(H2,23,29)(H,24,28). The summed E-state index contributed by atoms with van der Waals surface area (Å²) < 4.78 is 7.49. The zero-order chi connectivity index (χ0) is 22.7. The van der Waals surface area contributed by atoms with Crippen LogP contribution in [0, 0.1) is 0 Å². The molecule has 0 spiro atoms. The topological polar surface area (TPSA) is 112 Å². The molecule has 0 aliphatic heterocycles. The number of thiophene rings is 1. The average Bonchev–Trinajstić information content (AvgIpc) is 3.31. The molecule has 3 N–H and O–H groups in total. The van der Waals surface area contributed by atoms with E-state index in [1.54, 1.807) is 28.8 Å². The monoisotopic (exact) mass is 491 g/mol. The maximum Gasteiger partial charge on any atom is 0.251 e. The highest BCUT2D eigenvalue weighted by molar-refractivity contribution is 7.99. The molecule has 0 fully saturated rings. The van der Waals surface area contributed by atoms with Crippen molar-refractivity contribution in [3.05, 3.63) is 51.1 Å². The van der Waals surface area contributed by atoms with Crippen molar-refractivity contribution in [1.29, 1.82) is 0 Å². The normalized spacial score (nSPS) is 12.9. The Kier molecular flexibility index (Phi) is 7.02. The Morgan fingerprint density at radius 3 is 2.75 bits per heavy atom. The molecule has 2 amide bonds. The summed E-state index contributed by atoms with van der Waals surface area (Å²) in [5, 5.41) is 12.9. The first-order chi connectivity index (χ1) is 15.4. The largest absolute Gasteiger partial charge is 0.486 e. The number of nitrogens with one attached hydrogen (secondary N) is 1. The van der Waals surface area contributed by atoms with E-state index >= 15 is 0 Å². The molecule has 4 rings (SSSR count). The van der Waals surface area contributed by atoms with Crippen molar-refractivity contribution >= 4 is 51.5 Å². The molecular formula is C21H22ClN5O3S2. The quantitative estimate of drug-likeness (QED) is 0.463. The lowest BCUT2D eigenvalue weighted by Gasteiger charge is -2.11. The number of aromatic nitrogens is 3. The minimum absolute atomic E-state index is 0.130. The molecule has 1 aliphatic rings. The average molecular weight is 492 g/mol. The van der Waals surface area contributed by atoms with Crippen molar-refractivity contribution in [2.24, 2.45) is 12.8 Å². The van der Waals surface area contributed by atoms with Crippen LogP contribution in [0.25, 0.3) is 0 Å². The summed E-state index contributed by atoms with van der Waals surface area (Å²) in [6.07, 6.45) is 3.87. The fourth-order valence-electron chi connectivity index (χ4n) is 3.48. The second-order valence-corrected chi connectivity index (χ2v) is 9.80. The van der Waals surface area contributed by atoms with E-state index in [2.05, 4.69) is 15.5 Å². The van der Waals surface area contributed by atoms with Gasteiger partial charge in [-0.3, -0.25) is 9.59 Å². The molecule has 0 saturated heterocycles. The lowest BCUT2D eigenvalue weighted by atomic mass is 9.95. The fraction of sp³-hybridized carbons (Fsp3) is 0.333. The van der Waals surface area contributed by atoms with Gasteiger partial charge < -0.3 is 20.4 Å². The van der Waals surface area contributed by atoms with Crippen LogP contribution in [-0.4, -0.2) is 32.3 Å². The number of nitrogens with zero attached hydrogens (tertiary/aromatic N) is 3. The number of rotatable bonds is 8. The van der Waals surface area contributed by atoms with Gasteiger partial charge in [-0.05, 0) is 55.5 Å². The van der Waals surface area contributed by atoms with Gasteiger partial charge in [0.1, 0.15) is 17.4 Å². The summed E-state index contributed by atoms with van der Waals surface area (Å²) >= 11 is 8.59. The van der Waals surface area contributed by atoms with E-state index in [0.717, 1.165) is 36.1 Å². The van der Waals surface area contributed by atoms with Gasteiger partial charge in [-0.1, -0.05) is 23.4 Å². The van der Waals surface area contributed by atoms with Gasteiger partial charge >= 0.3 is 0 Å². The predicted molar refractivity (Wildman–Crippen MR) is 126 cm³/mol. The number of nitrogens with two attached hydrogens (primary N) is 1. The first-order valence-electron chi connectivity index (χ1n) is 10.1. The molecule has 32 heavy (non-hydrogen) atoms. The van der Waals surface area contributed by atoms with Gasteiger partial charge in [-0.25, -0.2) is 0 Å². The zero-order valence-electron chi connectivity index (χ0n) is 17.4. The second kappa shape index (κ2) is 9.93. The highest BCUT2D eigenvalue weighted by Gasteiger charge is 2.25. The number of fused-ring (bicyclic) bond motifs is 1. The van der Waals surface area contributed by atoms with Crippen molar-refractivity contribution in [2.75, 3.05) is 11.1 Å². The predicted octanol–water partition coefficient (Wildman–Crippen LogP) is 3.82. The fourth-order valence-corrected chi connectivity index (χ4v) is 5.65. The highest BCUT2D eigenvalue weighted by atomic mass is 35.5. The number of halogens is 1. The number of ether oxygens (including phenoxy) is 1. The summed E-state index contributed by atoms with van der Waals surface area (Å²) in [4.78, 5) is 25.7. The second-order valence-electron chi connectivity index (χ2n) is 7.32. The van der Waals surface area contributed by atoms with Crippen molar-refractivity contribution < 1.29 is 14.3 Å². The van der Waals surface area contributed by atoms with Gasteiger partial charge in [0.25, 0.3) is 5.91 Å². The molecule has 2 heterocycles. The number of carbonyl (C=O) groups is 2.